The number of rotatable bonds is 3. The number of fused-ring (bicyclic) bond motifs is 1. The van der Waals surface area contributed by atoms with E-state index in [0.717, 1.165) is 10.5 Å². The summed E-state index contributed by atoms with van der Waals surface area (Å²) in [6.45, 7) is 0.632. The molecule has 1 atom stereocenters. The van der Waals surface area contributed by atoms with E-state index in [4.69, 9.17) is 0 Å². The minimum Gasteiger partial charge on any atom is -0.304 e. The minimum absolute atomic E-state index is 0.291. The summed E-state index contributed by atoms with van der Waals surface area (Å²) in [6, 6.07) is 9.01. The molecule has 0 spiro atoms. The Labute approximate surface area is 160 Å². The quantitative estimate of drug-likeness (QED) is 0.728. The predicted molar refractivity (Wildman–Crippen MR) is 99.8 cm³/mol. The van der Waals surface area contributed by atoms with Crippen molar-refractivity contribution in [1.82, 2.24) is 24.6 Å². The minimum atomic E-state index is -0.606. The Bertz CT molecular complexity index is 982. The third kappa shape index (κ3) is 2.91. The fourth-order valence-electron chi connectivity index (χ4n) is 3.05. The highest BCUT2D eigenvalue weighted by atomic mass is 32.2. The number of aromatic nitrogens is 3. The Balaban J connectivity index is 1.62. The van der Waals surface area contributed by atoms with Crippen molar-refractivity contribution < 1.29 is 14.2 Å². The van der Waals surface area contributed by atoms with Crippen molar-refractivity contribution in [2.24, 2.45) is 4.99 Å². The second-order valence-corrected chi connectivity index (χ2v) is 7.27. The molecule has 2 aromatic rings. The first-order valence-electron chi connectivity index (χ1n) is 8.30. The molecule has 2 aliphatic heterocycles. The van der Waals surface area contributed by atoms with Crippen LogP contribution in [0.4, 0.5) is 4.79 Å². The lowest BCUT2D eigenvalue weighted by Gasteiger charge is -2.29. The number of benzene rings is 1. The molecule has 1 aromatic heterocycles. The van der Waals surface area contributed by atoms with Crippen LogP contribution in [0.15, 0.2) is 46.8 Å². The van der Waals surface area contributed by atoms with E-state index >= 15 is 0 Å². The van der Waals surface area contributed by atoms with E-state index in [-0.39, 0.29) is 11.9 Å². The molecule has 0 N–H and O–H groups in total. The maximum absolute atomic E-state index is 12.5. The van der Waals surface area contributed by atoms with Gasteiger partial charge in [-0.1, -0.05) is 30.3 Å². The van der Waals surface area contributed by atoms with Crippen molar-refractivity contribution in [3.8, 4) is 0 Å². The van der Waals surface area contributed by atoms with Gasteiger partial charge in [0.15, 0.2) is 0 Å². The summed E-state index contributed by atoms with van der Waals surface area (Å²) in [5.74, 6) is 0.142. The fraction of sp³-hybridized carbons (Fsp3) is 0.294. The van der Waals surface area contributed by atoms with Crippen LogP contribution in [0.2, 0.25) is 0 Å². The van der Waals surface area contributed by atoms with Gasteiger partial charge in [-0.05, 0) is 10.6 Å². The molecule has 138 valence electrons. The molecule has 10 heteroatoms. The molecule has 3 amide bonds. The van der Waals surface area contributed by atoms with Crippen molar-refractivity contribution in [1.29, 1.82) is 0 Å². The molecule has 1 fully saturated rings. The molecule has 27 heavy (non-hydrogen) atoms. The summed E-state index contributed by atoms with van der Waals surface area (Å²) < 4.78 is 3.69. The SMILES string of the molecule is CN1C(=O)C2C(=NC(Sc3nncn3Cc3ccccc3)=[N+]2C)N(C)C1=O. The van der Waals surface area contributed by atoms with Crippen LogP contribution in [0, 0.1) is 0 Å². The summed E-state index contributed by atoms with van der Waals surface area (Å²) in [4.78, 5) is 31.7. The van der Waals surface area contributed by atoms with Crippen LogP contribution >= 0.6 is 11.8 Å². The van der Waals surface area contributed by atoms with Crippen molar-refractivity contribution in [2.75, 3.05) is 21.1 Å². The van der Waals surface area contributed by atoms with Gasteiger partial charge in [0.25, 0.3) is 17.8 Å². The normalized spacial score (nSPS) is 19.7. The van der Waals surface area contributed by atoms with E-state index in [1.54, 1.807) is 25.0 Å². The second-order valence-electron chi connectivity index (χ2n) is 6.33. The van der Waals surface area contributed by atoms with Crippen LogP contribution in [-0.4, -0.2) is 79.3 Å². The van der Waals surface area contributed by atoms with Crippen LogP contribution in [0.3, 0.4) is 0 Å². The Hall–Kier alpha value is -3.01. The molecule has 3 heterocycles. The summed E-state index contributed by atoms with van der Waals surface area (Å²) in [7, 11) is 4.89. The average Bonchev–Trinajstić information content (AvgIpc) is 3.24. The Kier molecular flexibility index (Phi) is 4.27. The average molecular weight is 384 g/mol. The molecule has 4 rings (SSSR count). The number of nitrogens with zero attached hydrogens (tertiary/aromatic N) is 7. The number of imide groups is 1. The Morgan fingerprint density at radius 3 is 2.63 bits per heavy atom. The molecule has 0 bridgehead atoms. The zero-order valence-corrected chi connectivity index (χ0v) is 15.9. The molecular weight excluding hydrogens is 366 g/mol. The van der Waals surface area contributed by atoms with Crippen LogP contribution in [0.5, 0.6) is 0 Å². The molecule has 0 aliphatic carbocycles. The number of aliphatic imine (C=N–C) groups is 1. The number of amides is 3. The number of hydrogen-bond donors (Lipinski definition) is 0. The van der Waals surface area contributed by atoms with Gasteiger partial charge in [-0.2, -0.15) is 0 Å². The predicted octanol–water partition coefficient (Wildman–Crippen LogP) is 0.721. The summed E-state index contributed by atoms with van der Waals surface area (Å²) in [5, 5.41) is 9.44. The highest BCUT2D eigenvalue weighted by Crippen LogP contribution is 2.25. The van der Waals surface area contributed by atoms with Gasteiger partial charge in [0.2, 0.25) is 5.16 Å². The topological polar surface area (TPSA) is 86.7 Å². The van der Waals surface area contributed by atoms with Gasteiger partial charge < -0.3 is 4.57 Å². The number of amidine groups is 2. The van der Waals surface area contributed by atoms with E-state index in [9.17, 15) is 9.59 Å². The van der Waals surface area contributed by atoms with E-state index < -0.39 is 6.04 Å². The lowest BCUT2D eigenvalue weighted by atomic mass is 10.2. The van der Waals surface area contributed by atoms with Crippen molar-refractivity contribution in [2.45, 2.75) is 17.7 Å². The van der Waals surface area contributed by atoms with E-state index in [1.165, 1.54) is 23.7 Å². The first-order chi connectivity index (χ1) is 13.0. The van der Waals surface area contributed by atoms with E-state index in [2.05, 4.69) is 15.2 Å². The van der Waals surface area contributed by atoms with Gasteiger partial charge in [-0.15, -0.1) is 10.2 Å². The van der Waals surface area contributed by atoms with Crippen molar-refractivity contribution in [3.05, 3.63) is 42.2 Å². The van der Waals surface area contributed by atoms with Gasteiger partial charge >= 0.3 is 11.2 Å². The number of urea groups is 1. The second kappa shape index (κ2) is 6.62. The fourth-order valence-corrected chi connectivity index (χ4v) is 3.91. The summed E-state index contributed by atoms with van der Waals surface area (Å²) in [6.07, 6.45) is 1.67. The highest BCUT2D eigenvalue weighted by Gasteiger charge is 2.52. The smallest absolute Gasteiger partial charge is 0.304 e. The highest BCUT2D eigenvalue weighted by molar-refractivity contribution is 8.13. The van der Waals surface area contributed by atoms with E-state index in [0.29, 0.717) is 22.7 Å². The largest absolute Gasteiger partial charge is 0.365 e. The van der Waals surface area contributed by atoms with Crippen molar-refractivity contribution >= 4 is 34.7 Å². The number of thioether (sulfide) groups is 1. The molecule has 2 aliphatic rings. The Morgan fingerprint density at radius 2 is 1.89 bits per heavy atom. The zero-order valence-electron chi connectivity index (χ0n) is 15.1. The van der Waals surface area contributed by atoms with Crippen LogP contribution in [-0.2, 0) is 11.3 Å². The number of carbonyl (C=O) groups excluding carboxylic acids is 2. The molecular formula is C17H18N7O2S+. The molecule has 0 saturated carbocycles. The molecule has 0 radical (unpaired) electrons. The number of hydrogen-bond acceptors (Lipinski definition) is 6. The van der Waals surface area contributed by atoms with Crippen LogP contribution in [0.1, 0.15) is 5.56 Å². The molecule has 1 aromatic carbocycles. The van der Waals surface area contributed by atoms with Crippen molar-refractivity contribution in [3.63, 3.8) is 0 Å². The van der Waals surface area contributed by atoms with Gasteiger partial charge in [0, 0.05) is 25.9 Å². The van der Waals surface area contributed by atoms with Crippen LogP contribution in [0.25, 0.3) is 0 Å². The monoisotopic (exact) mass is 384 g/mol. The lowest BCUT2D eigenvalue weighted by molar-refractivity contribution is -0.502. The first kappa shape index (κ1) is 17.4. The Morgan fingerprint density at radius 1 is 1.15 bits per heavy atom. The van der Waals surface area contributed by atoms with Gasteiger partial charge in [0.05, 0.1) is 13.6 Å². The molecule has 1 unspecified atom stereocenters. The molecule has 9 nitrogen and oxygen atoms in total. The summed E-state index contributed by atoms with van der Waals surface area (Å²) >= 11 is 1.32. The summed E-state index contributed by atoms with van der Waals surface area (Å²) in [5.41, 5.74) is 1.13. The lowest BCUT2D eigenvalue weighted by Crippen LogP contribution is -2.61. The molecule has 1 saturated heterocycles. The van der Waals surface area contributed by atoms with Crippen LogP contribution < -0.4 is 0 Å². The third-order valence-corrected chi connectivity index (χ3v) is 5.64. The van der Waals surface area contributed by atoms with E-state index in [1.807, 2.05) is 34.9 Å². The maximum Gasteiger partial charge on any atom is 0.365 e. The maximum atomic E-state index is 12.5. The zero-order chi connectivity index (χ0) is 19.1. The first-order valence-corrected chi connectivity index (χ1v) is 9.12. The standard InChI is InChI=1S/C17H18N7O2S/c1-21-12-13(22(2)17(26)23(3)14(12)25)19-15(21)27-16-20-18-10-24(16)9-11-7-5-4-6-8-11/h4-8,10,12H,9H2,1-3H3/q+1. The van der Waals surface area contributed by atoms with Gasteiger partial charge in [0.1, 0.15) is 6.33 Å². The number of likely N-dealkylation sites (N-methyl/N-ethyl adjacent to an activating group) is 3. The van der Waals surface area contributed by atoms with Gasteiger partial charge in [-0.25, -0.2) is 9.37 Å². The van der Waals surface area contributed by atoms with Gasteiger partial charge in [-0.3, -0.25) is 14.6 Å². The third-order valence-electron chi connectivity index (χ3n) is 4.58. The number of carbonyl (C=O) groups is 2.